The molecule has 0 bridgehead atoms. The van der Waals surface area contributed by atoms with Gasteiger partial charge in [0.1, 0.15) is 11.9 Å². The second kappa shape index (κ2) is 6.18. The molecule has 17 heavy (non-hydrogen) atoms. The summed E-state index contributed by atoms with van der Waals surface area (Å²) in [4.78, 5) is 1.87. The second-order valence-corrected chi connectivity index (χ2v) is 4.10. The molecule has 1 atom stereocenters. The molecule has 1 rings (SSSR count). The number of halogens is 1. The number of nitrogens with zero attached hydrogens (tertiary/aromatic N) is 2. The van der Waals surface area contributed by atoms with Crippen LogP contribution in [0.3, 0.4) is 0 Å². The Balaban J connectivity index is 2.55. The van der Waals surface area contributed by atoms with E-state index in [4.69, 9.17) is 5.26 Å². The predicted octanol–water partition coefficient (Wildman–Crippen LogP) is 1.03. The van der Waals surface area contributed by atoms with E-state index in [1.807, 2.05) is 19.0 Å². The molecular weight excluding hydrogens is 221 g/mol. The smallest absolute Gasteiger partial charge is 0.141 e. The zero-order valence-corrected chi connectivity index (χ0v) is 9.94. The number of likely N-dealkylation sites (N-methyl/N-ethyl adjacent to an activating group) is 1. The lowest BCUT2D eigenvalue weighted by atomic mass is 10.2. The summed E-state index contributed by atoms with van der Waals surface area (Å²) in [5, 5.41) is 21.2. The fourth-order valence-corrected chi connectivity index (χ4v) is 1.44. The van der Waals surface area contributed by atoms with Crippen LogP contribution < -0.4 is 5.32 Å². The molecule has 0 aliphatic heterocycles. The van der Waals surface area contributed by atoms with E-state index in [2.05, 4.69) is 5.32 Å². The molecule has 1 unspecified atom stereocenters. The lowest BCUT2D eigenvalue weighted by Crippen LogP contribution is -2.31. The van der Waals surface area contributed by atoms with Crippen molar-refractivity contribution < 1.29 is 9.50 Å². The van der Waals surface area contributed by atoms with Crippen molar-refractivity contribution in [1.29, 1.82) is 5.26 Å². The first-order valence-electron chi connectivity index (χ1n) is 5.29. The summed E-state index contributed by atoms with van der Waals surface area (Å²) in [6.45, 7) is 0.897. The summed E-state index contributed by atoms with van der Waals surface area (Å²) in [7, 11) is 3.74. The number of rotatable bonds is 5. The average Bonchev–Trinajstić information content (AvgIpc) is 2.27. The standard InChI is InChI=1S/C12H16FN3O/c1-16(2)8-11(17)7-15-10-3-4-12(13)9(5-10)6-14/h3-5,11,15,17H,7-8H2,1-2H3. The minimum atomic E-state index is -0.535. The molecule has 0 aliphatic carbocycles. The number of aliphatic hydroxyl groups is 1. The van der Waals surface area contributed by atoms with Gasteiger partial charge in [-0.1, -0.05) is 0 Å². The first-order chi connectivity index (χ1) is 8.02. The number of nitriles is 1. The Morgan fingerprint density at radius 2 is 2.24 bits per heavy atom. The molecule has 0 spiro atoms. The molecule has 5 heteroatoms. The Hall–Kier alpha value is -1.64. The van der Waals surface area contributed by atoms with E-state index in [0.29, 0.717) is 18.8 Å². The monoisotopic (exact) mass is 237 g/mol. The predicted molar refractivity (Wildman–Crippen MR) is 64.2 cm³/mol. The van der Waals surface area contributed by atoms with Crippen molar-refractivity contribution in [3.05, 3.63) is 29.6 Å². The normalized spacial score (nSPS) is 12.2. The molecular formula is C12H16FN3O. The molecule has 0 heterocycles. The number of nitrogens with one attached hydrogen (secondary N) is 1. The largest absolute Gasteiger partial charge is 0.390 e. The third kappa shape index (κ3) is 4.39. The summed E-state index contributed by atoms with van der Waals surface area (Å²) in [6.07, 6.45) is -0.513. The molecule has 0 fully saturated rings. The first kappa shape index (κ1) is 13.4. The van der Waals surface area contributed by atoms with Crippen molar-refractivity contribution in [2.24, 2.45) is 0 Å². The van der Waals surface area contributed by atoms with Crippen LogP contribution in [0.25, 0.3) is 0 Å². The molecule has 1 aromatic rings. The Morgan fingerprint density at radius 3 is 2.82 bits per heavy atom. The van der Waals surface area contributed by atoms with Crippen LogP contribution in [0, 0.1) is 17.1 Å². The van der Waals surface area contributed by atoms with E-state index in [1.165, 1.54) is 12.1 Å². The summed E-state index contributed by atoms with van der Waals surface area (Å²) >= 11 is 0. The van der Waals surface area contributed by atoms with Crippen LogP contribution in [-0.2, 0) is 0 Å². The number of hydrogen-bond donors (Lipinski definition) is 2. The molecule has 0 radical (unpaired) electrons. The summed E-state index contributed by atoms with van der Waals surface area (Å²) in [5.41, 5.74) is 0.623. The zero-order chi connectivity index (χ0) is 12.8. The van der Waals surface area contributed by atoms with Crippen molar-refractivity contribution >= 4 is 5.69 Å². The summed E-state index contributed by atoms with van der Waals surface area (Å²) < 4.78 is 13.0. The lowest BCUT2D eigenvalue weighted by Gasteiger charge is -2.17. The number of aliphatic hydroxyl groups excluding tert-OH is 1. The van der Waals surface area contributed by atoms with Crippen LogP contribution in [0.5, 0.6) is 0 Å². The van der Waals surface area contributed by atoms with Crippen molar-refractivity contribution in [3.8, 4) is 6.07 Å². The highest BCUT2D eigenvalue weighted by molar-refractivity contribution is 5.49. The molecule has 0 aliphatic rings. The van der Waals surface area contributed by atoms with Crippen LogP contribution in [0.15, 0.2) is 18.2 Å². The van der Waals surface area contributed by atoms with E-state index in [9.17, 15) is 9.50 Å². The Kier molecular flexibility index (Phi) is 4.88. The fourth-order valence-electron chi connectivity index (χ4n) is 1.44. The highest BCUT2D eigenvalue weighted by atomic mass is 19.1. The van der Waals surface area contributed by atoms with Gasteiger partial charge in [-0.05, 0) is 32.3 Å². The highest BCUT2D eigenvalue weighted by Gasteiger charge is 2.06. The summed E-state index contributed by atoms with van der Waals surface area (Å²) in [6, 6.07) is 5.97. The number of anilines is 1. The van der Waals surface area contributed by atoms with Gasteiger partial charge in [-0.25, -0.2) is 4.39 Å². The SMILES string of the molecule is CN(C)CC(O)CNc1ccc(F)c(C#N)c1. The Morgan fingerprint density at radius 1 is 1.53 bits per heavy atom. The highest BCUT2D eigenvalue weighted by Crippen LogP contribution is 2.13. The Bertz CT molecular complexity index is 415. The molecule has 0 aromatic heterocycles. The van der Waals surface area contributed by atoms with Crippen LogP contribution in [0.4, 0.5) is 10.1 Å². The fraction of sp³-hybridized carbons (Fsp3) is 0.417. The number of hydrogen-bond acceptors (Lipinski definition) is 4. The molecule has 0 saturated heterocycles. The van der Waals surface area contributed by atoms with E-state index < -0.39 is 11.9 Å². The average molecular weight is 237 g/mol. The molecule has 1 aromatic carbocycles. The van der Waals surface area contributed by atoms with Gasteiger partial charge in [0, 0.05) is 18.8 Å². The first-order valence-corrected chi connectivity index (χ1v) is 5.29. The quantitative estimate of drug-likeness (QED) is 0.803. The van der Waals surface area contributed by atoms with Crippen molar-refractivity contribution in [1.82, 2.24) is 4.90 Å². The van der Waals surface area contributed by atoms with Gasteiger partial charge in [0.15, 0.2) is 0 Å². The van der Waals surface area contributed by atoms with Gasteiger partial charge in [-0.2, -0.15) is 5.26 Å². The van der Waals surface area contributed by atoms with Gasteiger partial charge in [-0.3, -0.25) is 0 Å². The van der Waals surface area contributed by atoms with Crippen molar-refractivity contribution in [2.75, 3.05) is 32.5 Å². The van der Waals surface area contributed by atoms with Gasteiger partial charge in [0.2, 0.25) is 0 Å². The molecule has 92 valence electrons. The number of benzene rings is 1. The van der Waals surface area contributed by atoms with Gasteiger partial charge < -0.3 is 15.3 Å². The maximum atomic E-state index is 13.0. The van der Waals surface area contributed by atoms with E-state index in [1.54, 1.807) is 12.1 Å². The van der Waals surface area contributed by atoms with Gasteiger partial charge in [-0.15, -0.1) is 0 Å². The van der Waals surface area contributed by atoms with Gasteiger partial charge >= 0.3 is 0 Å². The van der Waals surface area contributed by atoms with Crippen molar-refractivity contribution in [2.45, 2.75) is 6.10 Å². The third-order valence-corrected chi connectivity index (χ3v) is 2.20. The van der Waals surface area contributed by atoms with Crippen molar-refractivity contribution in [3.63, 3.8) is 0 Å². The second-order valence-electron chi connectivity index (χ2n) is 4.10. The zero-order valence-electron chi connectivity index (χ0n) is 9.94. The van der Waals surface area contributed by atoms with E-state index >= 15 is 0 Å². The summed E-state index contributed by atoms with van der Waals surface area (Å²) in [5.74, 6) is -0.535. The minimum absolute atomic E-state index is 0.00269. The maximum absolute atomic E-state index is 13.0. The third-order valence-electron chi connectivity index (χ3n) is 2.20. The molecule has 2 N–H and O–H groups in total. The van der Waals surface area contributed by atoms with Crippen LogP contribution in [-0.4, -0.2) is 43.3 Å². The molecule has 0 saturated carbocycles. The van der Waals surface area contributed by atoms with E-state index in [0.717, 1.165) is 0 Å². The lowest BCUT2D eigenvalue weighted by molar-refractivity contribution is 0.148. The molecule has 0 amide bonds. The molecule has 4 nitrogen and oxygen atoms in total. The van der Waals surface area contributed by atoms with Gasteiger partial charge in [0.05, 0.1) is 11.7 Å². The Labute approximate surface area is 100 Å². The minimum Gasteiger partial charge on any atom is -0.390 e. The van der Waals surface area contributed by atoms with Crippen LogP contribution in [0.1, 0.15) is 5.56 Å². The van der Waals surface area contributed by atoms with Crippen LogP contribution >= 0.6 is 0 Å². The topological polar surface area (TPSA) is 59.3 Å². The maximum Gasteiger partial charge on any atom is 0.141 e. The van der Waals surface area contributed by atoms with E-state index in [-0.39, 0.29) is 5.56 Å². The van der Waals surface area contributed by atoms with Crippen LogP contribution in [0.2, 0.25) is 0 Å². The van der Waals surface area contributed by atoms with Gasteiger partial charge in [0.25, 0.3) is 0 Å².